The number of carbonyl (C=O) groups excluding carboxylic acids is 1. The van der Waals surface area contributed by atoms with Crippen molar-refractivity contribution in [3.8, 4) is 5.75 Å². The summed E-state index contributed by atoms with van der Waals surface area (Å²) < 4.78 is 28.3. The van der Waals surface area contributed by atoms with Crippen molar-refractivity contribution in [2.45, 2.75) is 51.5 Å². The number of ether oxygens (including phenoxy) is 2. The first kappa shape index (κ1) is 28.2. The molecule has 2 heterocycles. The molecule has 1 aliphatic carbocycles. The van der Waals surface area contributed by atoms with Crippen molar-refractivity contribution >= 4 is 5.91 Å². The number of hydrogen-bond donors (Lipinski definition) is 2. The highest BCUT2D eigenvalue weighted by atomic mass is 19.1. The van der Waals surface area contributed by atoms with Gasteiger partial charge in [-0.05, 0) is 42.9 Å². The molecule has 4 rings (SSSR count). The zero-order chi connectivity index (χ0) is 28.2. The molecule has 13 heteroatoms. The van der Waals surface area contributed by atoms with Gasteiger partial charge in [0.25, 0.3) is 11.5 Å². The van der Waals surface area contributed by atoms with Gasteiger partial charge < -0.3 is 19.5 Å². The molecule has 1 saturated carbocycles. The molecule has 210 valence electrons. The number of aromatic nitrogens is 5. The summed E-state index contributed by atoms with van der Waals surface area (Å²) in [5.41, 5.74) is -1.59. The monoisotopic (exact) mass is 544 g/mol. The number of rotatable bonds is 13. The minimum Gasteiger partial charge on any atom is -0.490 e. The highest BCUT2D eigenvalue weighted by Crippen LogP contribution is 2.34. The van der Waals surface area contributed by atoms with Gasteiger partial charge in [0, 0.05) is 32.8 Å². The summed E-state index contributed by atoms with van der Waals surface area (Å²) in [7, 11) is 3.18. The van der Waals surface area contributed by atoms with E-state index >= 15 is 0 Å². The van der Waals surface area contributed by atoms with Gasteiger partial charge in [0.15, 0.2) is 17.3 Å². The van der Waals surface area contributed by atoms with Crippen LogP contribution in [0.15, 0.2) is 40.1 Å². The van der Waals surface area contributed by atoms with Crippen molar-refractivity contribution in [3.05, 3.63) is 74.1 Å². The number of carbonyl (C=O) groups is 1. The number of halogens is 1. The zero-order valence-electron chi connectivity index (χ0n) is 22.2. The van der Waals surface area contributed by atoms with Gasteiger partial charge >= 0.3 is 5.69 Å². The lowest BCUT2D eigenvalue weighted by molar-refractivity contribution is 0.00873. The van der Waals surface area contributed by atoms with E-state index in [-0.39, 0.29) is 50.1 Å². The average molecular weight is 545 g/mol. The maximum atomic E-state index is 14.4. The highest BCUT2D eigenvalue weighted by Gasteiger charge is 2.32. The summed E-state index contributed by atoms with van der Waals surface area (Å²) in [5, 5.41) is 19.9. The van der Waals surface area contributed by atoms with Crippen LogP contribution in [0.2, 0.25) is 0 Å². The molecule has 0 spiro atoms. The maximum Gasteiger partial charge on any atom is 0.330 e. The van der Waals surface area contributed by atoms with Crippen molar-refractivity contribution in [2.75, 3.05) is 27.3 Å². The van der Waals surface area contributed by atoms with Crippen molar-refractivity contribution in [1.29, 1.82) is 0 Å². The Morgan fingerprint density at radius 1 is 1.28 bits per heavy atom. The topological polar surface area (TPSA) is 145 Å². The second-order valence-electron chi connectivity index (χ2n) is 9.89. The summed E-state index contributed by atoms with van der Waals surface area (Å²) in [6, 6.07) is 5.50. The van der Waals surface area contributed by atoms with Gasteiger partial charge in [-0.15, -0.1) is 5.10 Å². The molecule has 2 N–H and O–H groups in total. The van der Waals surface area contributed by atoms with Crippen molar-refractivity contribution in [2.24, 2.45) is 5.92 Å². The summed E-state index contributed by atoms with van der Waals surface area (Å²) in [6.07, 6.45) is 3.91. The Bertz CT molecular complexity index is 1430. The minimum atomic E-state index is -1.46. The number of nitrogens with one attached hydrogen (secondary N) is 1. The number of H-pyrrole nitrogens is 1. The molecule has 12 nitrogen and oxygen atoms in total. The molecule has 0 bridgehead atoms. The molecular weight excluding hydrogens is 511 g/mol. The largest absolute Gasteiger partial charge is 0.490 e. The van der Waals surface area contributed by atoms with Crippen molar-refractivity contribution in [3.63, 3.8) is 0 Å². The van der Waals surface area contributed by atoms with Gasteiger partial charge in [-0.3, -0.25) is 19.1 Å². The fraction of sp³-hybridized carbons (Fsp3) is 0.500. The molecule has 1 fully saturated rings. The molecular formula is C26H33FN6O6. The normalized spacial score (nSPS) is 14.7. The molecule has 0 radical (unpaired) electrons. The first-order valence-electron chi connectivity index (χ1n) is 12.8. The van der Waals surface area contributed by atoms with E-state index in [1.54, 1.807) is 21.0 Å². The molecule has 0 saturated heterocycles. The van der Waals surface area contributed by atoms with E-state index < -0.39 is 22.7 Å². The second-order valence-corrected chi connectivity index (χ2v) is 9.89. The van der Waals surface area contributed by atoms with Gasteiger partial charge in [-0.1, -0.05) is 18.2 Å². The third-order valence-corrected chi connectivity index (χ3v) is 6.69. The standard InChI is InChI=1S/C26H33FN6O6/c1-4-26(37,18-7-8-19(27)21(13-18)39-14-17-5-6-17)15-33-20(23(29-30-33)24(35)31(2)3)10-12-38-16-32-11-9-22(34)28-25(32)36/h7-9,11,13,17,37H,4-6,10,12,14-16H2,1-3H3,(H,28,34,36)/t26-/m1/s1. The summed E-state index contributed by atoms with van der Waals surface area (Å²) in [4.78, 5) is 39.4. The Morgan fingerprint density at radius 2 is 2.05 bits per heavy atom. The lowest BCUT2D eigenvalue weighted by atomic mass is 9.90. The van der Waals surface area contributed by atoms with E-state index in [9.17, 15) is 23.9 Å². The van der Waals surface area contributed by atoms with Crippen molar-refractivity contribution in [1.82, 2.24) is 29.4 Å². The van der Waals surface area contributed by atoms with Gasteiger partial charge in [0.1, 0.15) is 12.3 Å². The van der Waals surface area contributed by atoms with Crippen LogP contribution in [0.1, 0.15) is 47.9 Å². The van der Waals surface area contributed by atoms with E-state index in [2.05, 4.69) is 15.3 Å². The van der Waals surface area contributed by atoms with E-state index in [4.69, 9.17) is 9.47 Å². The Labute approximate surface area is 224 Å². The minimum absolute atomic E-state index is 0.0559. The Kier molecular flexibility index (Phi) is 8.60. The second kappa shape index (κ2) is 11.9. The van der Waals surface area contributed by atoms with E-state index in [1.807, 2.05) is 0 Å². The number of nitrogens with zero attached hydrogens (tertiary/aromatic N) is 5. The Hall–Kier alpha value is -3.84. The van der Waals surface area contributed by atoms with Gasteiger partial charge in [-0.2, -0.15) is 0 Å². The van der Waals surface area contributed by atoms with Crippen molar-refractivity contribution < 1.29 is 23.8 Å². The van der Waals surface area contributed by atoms with Gasteiger partial charge in [-0.25, -0.2) is 13.9 Å². The third-order valence-electron chi connectivity index (χ3n) is 6.69. The summed E-state index contributed by atoms with van der Waals surface area (Å²) in [5.74, 6) is -0.351. The van der Waals surface area contributed by atoms with Crippen LogP contribution in [-0.4, -0.2) is 67.8 Å². The fourth-order valence-corrected chi connectivity index (χ4v) is 4.01. The zero-order valence-corrected chi connectivity index (χ0v) is 22.2. The molecule has 1 aliphatic rings. The van der Waals surface area contributed by atoms with Crippen LogP contribution in [0, 0.1) is 11.7 Å². The highest BCUT2D eigenvalue weighted by molar-refractivity contribution is 5.92. The van der Waals surface area contributed by atoms with Crippen LogP contribution in [-0.2, 0) is 30.0 Å². The molecule has 0 aliphatic heterocycles. The first-order valence-corrected chi connectivity index (χ1v) is 12.8. The molecule has 2 aromatic heterocycles. The predicted molar refractivity (Wildman–Crippen MR) is 138 cm³/mol. The quantitative estimate of drug-likeness (QED) is 0.306. The Morgan fingerprint density at radius 3 is 2.72 bits per heavy atom. The van der Waals surface area contributed by atoms with E-state index in [0.717, 1.165) is 12.8 Å². The summed E-state index contributed by atoms with van der Waals surface area (Å²) in [6.45, 7) is 2.14. The Balaban J connectivity index is 1.54. The van der Waals surface area contributed by atoms with Crippen LogP contribution in [0.4, 0.5) is 4.39 Å². The maximum absolute atomic E-state index is 14.4. The fourth-order valence-electron chi connectivity index (χ4n) is 4.01. The van der Waals surface area contributed by atoms with E-state index in [1.165, 1.54) is 44.6 Å². The first-order chi connectivity index (χ1) is 18.6. The van der Waals surface area contributed by atoms with Crippen LogP contribution in [0.5, 0.6) is 5.75 Å². The van der Waals surface area contributed by atoms with Crippen LogP contribution in [0.3, 0.4) is 0 Å². The van der Waals surface area contributed by atoms with Gasteiger partial charge in [0.2, 0.25) is 0 Å². The number of amides is 1. The SMILES string of the molecule is CC[C@@](O)(Cn1nnc(C(=O)N(C)C)c1CCOCn1ccc(=O)[nH]c1=O)c1ccc(F)c(OCC2CC2)c1. The molecule has 0 unspecified atom stereocenters. The number of benzene rings is 1. The molecule has 1 aromatic carbocycles. The lowest BCUT2D eigenvalue weighted by Crippen LogP contribution is -2.33. The predicted octanol–water partition coefficient (Wildman–Crippen LogP) is 1.27. The van der Waals surface area contributed by atoms with Gasteiger partial charge in [0.05, 0.1) is 25.5 Å². The number of hydrogen-bond acceptors (Lipinski definition) is 8. The molecule has 1 atom stereocenters. The average Bonchev–Trinajstić information content (AvgIpc) is 3.66. The van der Waals surface area contributed by atoms with E-state index in [0.29, 0.717) is 23.8 Å². The smallest absolute Gasteiger partial charge is 0.330 e. The van der Waals surface area contributed by atoms with Crippen LogP contribution >= 0.6 is 0 Å². The lowest BCUT2D eigenvalue weighted by Gasteiger charge is -2.28. The van der Waals surface area contributed by atoms with Crippen LogP contribution < -0.4 is 16.0 Å². The molecule has 1 amide bonds. The molecule has 3 aromatic rings. The third kappa shape index (κ3) is 6.79. The number of aromatic amines is 1. The van der Waals surface area contributed by atoms with Crippen LogP contribution in [0.25, 0.3) is 0 Å². The number of aliphatic hydroxyl groups is 1. The molecule has 39 heavy (non-hydrogen) atoms. The summed E-state index contributed by atoms with van der Waals surface area (Å²) >= 11 is 0.